The van der Waals surface area contributed by atoms with Crippen molar-refractivity contribution in [1.82, 2.24) is 4.90 Å². The minimum Gasteiger partial charge on any atom is -0.480 e. The van der Waals surface area contributed by atoms with Crippen LogP contribution >= 0.6 is 24.8 Å². The first-order valence-corrected chi connectivity index (χ1v) is 7.94. The molecule has 0 aromatic heterocycles. The maximum absolute atomic E-state index is 13.5. The predicted octanol–water partition coefficient (Wildman–Crippen LogP) is 3.75. The van der Waals surface area contributed by atoms with Crippen molar-refractivity contribution < 1.29 is 14.3 Å². The Morgan fingerprint density at radius 2 is 1.81 bits per heavy atom. The van der Waals surface area contributed by atoms with Gasteiger partial charge in [0.05, 0.1) is 0 Å². The van der Waals surface area contributed by atoms with Crippen LogP contribution in [0.1, 0.15) is 16.7 Å². The number of anilines is 1. The average Bonchev–Trinajstić information content (AvgIpc) is 2.54. The Balaban J connectivity index is 0.00000169. The van der Waals surface area contributed by atoms with Gasteiger partial charge in [-0.2, -0.15) is 0 Å². The van der Waals surface area contributed by atoms with Gasteiger partial charge in [0.15, 0.2) is 0 Å². The first-order valence-electron chi connectivity index (χ1n) is 7.94. The highest BCUT2D eigenvalue weighted by Gasteiger charge is 2.31. The van der Waals surface area contributed by atoms with Crippen molar-refractivity contribution >= 4 is 36.5 Å². The number of benzene rings is 2. The number of hydrogen-bond acceptors (Lipinski definition) is 3. The third kappa shape index (κ3) is 4.87. The van der Waals surface area contributed by atoms with E-state index in [0.29, 0.717) is 19.5 Å². The third-order valence-corrected chi connectivity index (χ3v) is 4.52. The molecule has 1 aliphatic rings. The van der Waals surface area contributed by atoms with Crippen molar-refractivity contribution in [2.45, 2.75) is 25.6 Å². The molecule has 0 spiro atoms. The molecule has 0 aliphatic carbocycles. The van der Waals surface area contributed by atoms with Gasteiger partial charge in [-0.3, -0.25) is 9.69 Å². The van der Waals surface area contributed by atoms with Gasteiger partial charge in [0.1, 0.15) is 11.9 Å². The van der Waals surface area contributed by atoms with Crippen molar-refractivity contribution in [3.8, 4) is 0 Å². The van der Waals surface area contributed by atoms with Crippen LogP contribution in [0.3, 0.4) is 0 Å². The van der Waals surface area contributed by atoms with E-state index in [2.05, 4.69) is 0 Å². The van der Waals surface area contributed by atoms with Crippen LogP contribution < -0.4 is 4.90 Å². The van der Waals surface area contributed by atoms with Gasteiger partial charge in [-0.15, -0.1) is 24.8 Å². The molecule has 2 aromatic rings. The lowest BCUT2D eigenvalue weighted by Crippen LogP contribution is -2.45. The Morgan fingerprint density at radius 1 is 1.15 bits per heavy atom. The molecule has 1 unspecified atom stereocenters. The largest absolute Gasteiger partial charge is 0.480 e. The molecule has 1 aliphatic heterocycles. The molecule has 4 nitrogen and oxygen atoms in total. The van der Waals surface area contributed by atoms with Gasteiger partial charge in [-0.05, 0) is 47.4 Å². The summed E-state index contributed by atoms with van der Waals surface area (Å²) in [4.78, 5) is 15.6. The summed E-state index contributed by atoms with van der Waals surface area (Å²) in [5.41, 5.74) is 3.94. The van der Waals surface area contributed by atoms with Gasteiger partial charge in [-0.25, -0.2) is 4.39 Å². The molecule has 26 heavy (non-hydrogen) atoms. The average molecular weight is 401 g/mol. The summed E-state index contributed by atoms with van der Waals surface area (Å²) in [6.07, 6.45) is 0.404. The molecule has 0 bridgehead atoms. The lowest BCUT2D eigenvalue weighted by atomic mass is 9.93. The van der Waals surface area contributed by atoms with Crippen LogP contribution in [0.4, 0.5) is 10.1 Å². The first kappa shape index (κ1) is 22.2. The molecule has 2 aromatic carbocycles. The lowest BCUT2D eigenvalue weighted by molar-refractivity contribution is -0.144. The lowest BCUT2D eigenvalue weighted by Gasteiger charge is -2.34. The van der Waals surface area contributed by atoms with Gasteiger partial charge in [0.2, 0.25) is 0 Å². The van der Waals surface area contributed by atoms with E-state index in [0.717, 1.165) is 22.4 Å². The zero-order chi connectivity index (χ0) is 17.3. The highest BCUT2D eigenvalue weighted by Crippen LogP contribution is 2.26. The Labute approximate surface area is 165 Å². The van der Waals surface area contributed by atoms with Crippen molar-refractivity contribution in [1.29, 1.82) is 0 Å². The number of carboxylic acid groups (broad SMARTS) is 1. The SMILES string of the molecule is CN(C)c1ccc(CN2Cc3cc(F)ccc3CC2C(=O)O)cc1.Cl.Cl. The van der Waals surface area contributed by atoms with Crippen LogP contribution in [0.25, 0.3) is 0 Å². The van der Waals surface area contributed by atoms with E-state index in [4.69, 9.17) is 0 Å². The van der Waals surface area contributed by atoms with E-state index in [1.54, 1.807) is 6.07 Å². The topological polar surface area (TPSA) is 43.8 Å². The molecule has 0 saturated carbocycles. The Morgan fingerprint density at radius 3 is 2.38 bits per heavy atom. The molecule has 0 radical (unpaired) electrons. The molecule has 1 heterocycles. The van der Waals surface area contributed by atoms with Gasteiger partial charge in [-0.1, -0.05) is 18.2 Å². The van der Waals surface area contributed by atoms with E-state index in [1.165, 1.54) is 12.1 Å². The summed E-state index contributed by atoms with van der Waals surface area (Å²) >= 11 is 0. The predicted molar refractivity (Wildman–Crippen MR) is 106 cm³/mol. The third-order valence-electron chi connectivity index (χ3n) is 4.52. The molecule has 142 valence electrons. The Kier molecular flexibility index (Phi) is 7.87. The smallest absolute Gasteiger partial charge is 0.321 e. The van der Waals surface area contributed by atoms with Crippen molar-refractivity contribution in [2.24, 2.45) is 0 Å². The van der Waals surface area contributed by atoms with Gasteiger partial charge >= 0.3 is 5.97 Å². The Hall–Kier alpha value is -1.82. The summed E-state index contributed by atoms with van der Waals surface area (Å²) in [6, 6.07) is 12.1. The van der Waals surface area contributed by atoms with Gasteiger partial charge < -0.3 is 10.0 Å². The quantitative estimate of drug-likeness (QED) is 0.848. The number of carboxylic acids is 1. The highest BCUT2D eigenvalue weighted by molar-refractivity contribution is 5.85. The normalized spacial score (nSPS) is 16.0. The Bertz CT molecular complexity index is 754. The van der Waals surface area contributed by atoms with Crippen molar-refractivity contribution in [3.63, 3.8) is 0 Å². The second-order valence-electron chi connectivity index (χ2n) is 6.44. The minimum absolute atomic E-state index is 0. The molecule has 1 N–H and O–H groups in total. The summed E-state index contributed by atoms with van der Waals surface area (Å²) in [5.74, 6) is -1.12. The van der Waals surface area contributed by atoms with E-state index in [-0.39, 0.29) is 30.6 Å². The first-order chi connectivity index (χ1) is 11.4. The summed E-state index contributed by atoms with van der Waals surface area (Å²) in [6.45, 7) is 0.972. The number of hydrogen-bond donors (Lipinski definition) is 1. The van der Waals surface area contributed by atoms with Crippen LogP contribution in [0.15, 0.2) is 42.5 Å². The molecule has 1 atom stereocenters. The van der Waals surface area contributed by atoms with Crippen molar-refractivity contribution in [2.75, 3.05) is 19.0 Å². The monoisotopic (exact) mass is 400 g/mol. The molecule has 7 heteroatoms. The maximum Gasteiger partial charge on any atom is 0.321 e. The zero-order valence-electron chi connectivity index (χ0n) is 14.7. The van der Waals surface area contributed by atoms with Crippen molar-refractivity contribution in [3.05, 3.63) is 65.0 Å². The van der Waals surface area contributed by atoms with E-state index >= 15 is 0 Å². The number of rotatable bonds is 4. The molecule has 0 amide bonds. The summed E-state index contributed by atoms with van der Waals surface area (Å²) in [5, 5.41) is 9.56. The number of nitrogens with zero attached hydrogens (tertiary/aromatic N) is 2. The standard InChI is InChI=1S/C19H21FN2O2.2ClH/c1-21(2)17-7-3-13(4-8-17)11-22-12-15-9-16(20)6-5-14(15)10-18(22)19(23)24;;/h3-9,18H,10-12H2,1-2H3,(H,23,24);2*1H. The molecular weight excluding hydrogens is 378 g/mol. The number of aliphatic carboxylic acids is 1. The highest BCUT2D eigenvalue weighted by atomic mass is 35.5. The van der Waals surface area contributed by atoms with Gasteiger partial charge in [0.25, 0.3) is 0 Å². The fourth-order valence-corrected chi connectivity index (χ4v) is 3.15. The number of fused-ring (bicyclic) bond motifs is 1. The van der Waals surface area contributed by atoms with Crippen LogP contribution in [-0.2, 0) is 24.3 Å². The van der Waals surface area contributed by atoms with Crippen LogP contribution in [-0.4, -0.2) is 36.1 Å². The molecule has 0 saturated heterocycles. The molecule has 0 fully saturated rings. The van der Waals surface area contributed by atoms with Crippen LogP contribution in [0.5, 0.6) is 0 Å². The van der Waals surface area contributed by atoms with E-state index in [9.17, 15) is 14.3 Å². The zero-order valence-corrected chi connectivity index (χ0v) is 16.3. The molecule has 3 rings (SSSR count). The van der Waals surface area contributed by atoms with Crippen LogP contribution in [0.2, 0.25) is 0 Å². The fourth-order valence-electron chi connectivity index (χ4n) is 3.15. The second-order valence-corrected chi connectivity index (χ2v) is 6.44. The number of halogens is 3. The maximum atomic E-state index is 13.5. The van der Waals surface area contributed by atoms with Gasteiger partial charge in [0, 0.05) is 32.9 Å². The summed E-state index contributed by atoms with van der Waals surface area (Å²) < 4.78 is 13.5. The fraction of sp³-hybridized carbons (Fsp3) is 0.316. The van der Waals surface area contributed by atoms with Crippen LogP contribution in [0, 0.1) is 5.82 Å². The van der Waals surface area contributed by atoms with E-state index < -0.39 is 12.0 Å². The second kappa shape index (κ2) is 9.21. The van der Waals surface area contributed by atoms with E-state index in [1.807, 2.05) is 48.2 Å². The summed E-state index contributed by atoms with van der Waals surface area (Å²) in [7, 11) is 3.96. The molecular formula is C19H23Cl2FN2O2. The minimum atomic E-state index is -0.838. The number of carbonyl (C=O) groups is 1.